The van der Waals surface area contributed by atoms with E-state index in [1.807, 2.05) is 0 Å². The Morgan fingerprint density at radius 1 is 1.24 bits per heavy atom. The van der Waals surface area contributed by atoms with E-state index in [0.717, 1.165) is 10.8 Å². The molecule has 2 heterocycles. The van der Waals surface area contributed by atoms with Crippen LogP contribution in [0.3, 0.4) is 0 Å². The second-order valence-corrected chi connectivity index (χ2v) is 7.99. The van der Waals surface area contributed by atoms with Gasteiger partial charge in [0.15, 0.2) is 5.13 Å². The number of carbonyl (C=O) groups excluding carboxylic acids is 1. The Balaban J connectivity index is 1.39. The molecule has 3 aromatic rings. The van der Waals surface area contributed by atoms with Crippen LogP contribution in [0.15, 0.2) is 42.5 Å². The molecule has 1 aromatic heterocycles. The highest BCUT2D eigenvalue weighted by Gasteiger charge is 2.37. The largest absolute Gasteiger partial charge is 0.417 e. The van der Waals surface area contributed by atoms with Gasteiger partial charge in [-0.05, 0) is 42.7 Å². The number of amides is 1. The number of alkyl halides is 3. The van der Waals surface area contributed by atoms with Gasteiger partial charge in [-0.15, -0.1) is 0 Å². The molecule has 1 amide bonds. The van der Waals surface area contributed by atoms with E-state index in [9.17, 15) is 22.4 Å². The fourth-order valence-corrected chi connectivity index (χ4v) is 4.37. The summed E-state index contributed by atoms with van der Waals surface area (Å²) in [5.74, 6) is -0.826. The lowest BCUT2D eigenvalue weighted by Gasteiger charge is -2.19. The van der Waals surface area contributed by atoms with E-state index in [2.05, 4.69) is 10.3 Å². The molecule has 2 aromatic carbocycles. The third-order valence-electron chi connectivity index (χ3n) is 4.93. The minimum absolute atomic E-state index is 0.0979. The Morgan fingerprint density at radius 3 is 2.83 bits per heavy atom. The first-order valence-corrected chi connectivity index (χ1v) is 9.88. The number of nitrogens with zero attached hydrogens (tertiary/aromatic N) is 2. The molecule has 0 saturated carbocycles. The fourth-order valence-electron chi connectivity index (χ4n) is 3.48. The molecule has 0 bridgehead atoms. The van der Waals surface area contributed by atoms with E-state index in [0.29, 0.717) is 36.7 Å². The summed E-state index contributed by atoms with van der Waals surface area (Å²) >= 11 is 1.34. The zero-order valence-electron chi connectivity index (χ0n) is 15.2. The van der Waals surface area contributed by atoms with Crippen LogP contribution in [0.1, 0.15) is 22.3 Å². The number of halogens is 4. The summed E-state index contributed by atoms with van der Waals surface area (Å²) in [4.78, 5) is 18.5. The number of thiazole rings is 1. The lowest BCUT2D eigenvalue weighted by molar-refractivity contribution is -0.138. The smallest absolute Gasteiger partial charge is 0.361 e. The lowest BCUT2D eigenvalue weighted by atomic mass is 10.1. The molecule has 1 saturated heterocycles. The van der Waals surface area contributed by atoms with Crippen molar-refractivity contribution in [3.05, 3.63) is 59.4 Å². The maximum atomic E-state index is 13.3. The first kappa shape index (κ1) is 19.6. The van der Waals surface area contributed by atoms with E-state index < -0.39 is 17.6 Å². The summed E-state index contributed by atoms with van der Waals surface area (Å²) < 4.78 is 53.6. The minimum atomic E-state index is -4.57. The van der Waals surface area contributed by atoms with Crippen LogP contribution >= 0.6 is 11.3 Å². The number of hydrogen-bond acceptors (Lipinski definition) is 4. The highest BCUT2D eigenvalue weighted by atomic mass is 32.1. The number of aromatic nitrogens is 1. The highest BCUT2D eigenvalue weighted by Crippen LogP contribution is 2.33. The second-order valence-electron chi connectivity index (χ2n) is 6.96. The molecule has 152 valence electrons. The van der Waals surface area contributed by atoms with Crippen LogP contribution in [0.4, 0.5) is 22.7 Å². The Labute approximate surface area is 168 Å². The van der Waals surface area contributed by atoms with Crippen LogP contribution in [0.2, 0.25) is 0 Å². The van der Waals surface area contributed by atoms with Gasteiger partial charge in [0, 0.05) is 19.6 Å². The number of anilines is 1. The van der Waals surface area contributed by atoms with Crippen molar-refractivity contribution in [1.29, 1.82) is 0 Å². The molecule has 0 spiro atoms. The van der Waals surface area contributed by atoms with Gasteiger partial charge in [-0.2, -0.15) is 13.2 Å². The molecule has 0 radical (unpaired) electrons. The van der Waals surface area contributed by atoms with Gasteiger partial charge in [0.2, 0.25) is 0 Å². The van der Waals surface area contributed by atoms with Gasteiger partial charge in [0.25, 0.3) is 5.91 Å². The van der Waals surface area contributed by atoms with Crippen LogP contribution in [-0.2, 0) is 6.18 Å². The minimum Gasteiger partial charge on any atom is -0.361 e. The number of likely N-dealkylation sites (tertiary alicyclic amines) is 1. The van der Waals surface area contributed by atoms with Crippen LogP contribution in [0, 0.1) is 11.7 Å². The molecule has 1 aliphatic heterocycles. The maximum Gasteiger partial charge on any atom is 0.417 e. The van der Waals surface area contributed by atoms with Crippen LogP contribution < -0.4 is 5.32 Å². The molecule has 4 nitrogen and oxygen atoms in total. The van der Waals surface area contributed by atoms with Crippen molar-refractivity contribution in [1.82, 2.24) is 9.88 Å². The summed E-state index contributed by atoms with van der Waals surface area (Å²) in [7, 11) is 0. The Hall–Kier alpha value is -2.68. The van der Waals surface area contributed by atoms with Gasteiger partial charge in [-0.25, -0.2) is 9.37 Å². The van der Waals surface area contributed by atoms with Gasteiger partial charge in [-0.3, -0.25) is 4.79 Å². The normalized spacial score (nSPS) is 17.1. The summed E-state index contributed by atoms with van der Waals surface area (Å²) in [5, 5.41) is 3.85. The van der Waals surface area contributed by atoms with Crippen molar-refractivity contribution in [2.45, 2.75) is 12.6 Å². The summed E-state index contributed by atoms with van der Waals surface area (Å²) in [6.07, 6.45) is -3.88. The predicted octanol–water partition coefficient (Wildman–Crippen LogP) is 5.03. The summed E-state index contributed by atoms with van der Waals surface area (Å²) in [5.41, 5.74) is -0.527. The number of benzene rings is 2. The van der Waals surface area contributed by atoms with Crippen molar-refractivity contribution in [3.63, 3.8) is 0 Å². The van der Waals surface area contributed by atoms with Crippen LogP contribution in [0.5, 0.6) is 0 Å². The van der Waals surface area contributed by atoms with Crippen molar-refractivity contribution in [2.24, 2.45) is 5.92 Å². The number of carbonyl (C=O) groups is 1. The topological polar surface area (TPSA) is 45.2 Å². The molecule has 4 rings (SSSR count). The van der Waals surface area contributed by atoms with E-state index in [1.165, 1.54) is 46.6 Å². The van der Waals surface area contributed by atoms with E-state index in [-0.39, 0.29) is 17.3 Å². The van der Waals surface area contributed by atoms with Gasteiger partial charge in [0.05, 0.1) is 21.3 Å². The number of hydrogen-bond donors (Lipinski definition) is 1. The molecule has 29 heavy (non-hydrogen) atoms. The second kappa shape index (κ2) is 7.62. The first-order chi connectivity index (χ1) is 13.8. The monoisotopic (exact) mass is 423 g/mol. The molecular formula is C20H17F4N3OS. The average molecular weight is 423 g/mol. The van der Waals surface area contributed by atoms with Gasteiger partial charge >= 0.3 is 6.18 Å². The van der Waals surface area contributed by atoms with Crippen molar-refractivity contribution in [2.75, 3.05) is 25.0 Å². The van der Waals surface area contributed by atoms with Gasteiger partial charge in [-0.1, -0.05) is 23.5 Å². The molecule has 1 unspecified atom stereocenters. The number of nitrogens with one attached hydrogen (secondary N) is 1. The Bertz CT molecular complexity index is 1050. The zero-order chi connectivity index (χ0) is 20.6. The fraction of sp³-hybridized carbons (Fsp3) is 0.300. The van der Waals surface area contributed by atoms with E-state index >= 15 is 0 Å². The average Bonchev–Trinajstić information content (AvgIpc) is 3.31. The molecule has 9 heteroatoms. The van der Waals surface area contributed by atoms with Crippen LogP contribution in [0.25, 0.3) is 10.2 Å². The molecule has 1 aliphatic rings. The summed E-state index contributed by atoms with van der Waals surface area (Å²) in [6, 6.07) is 9.25. The number of rotatable bonds is 4. The zero-order valence-corrected chi connectivity index (χ0v) is 16.0. The van der Waals surface area contributed by atoms with E-state index in [4.69, 9.17) is 0 Å². The highest BCUT2D eigenvalue weighted by molar-refractivity contribution is 7.22. The first-order valence-electron chi connectivity index (χ1n) is 9.07. The number of fused-ring (bicyclic) bond motifs is 1. The van der Waals surface area contributed by atoms with Crippen molar-refractivity contribution >= 4 is 32.6 Å². The van der Waals surface area contributed by atoms with Gasteiger partial charge < -0.3 is 10.2 Å². The molecular weight excluding hydrogens is 406 g/mol. The predicted molar refractivity (Wildman–Crippen MR) is 104 cm³/mol. The molecule has 1 atom stereocenters. The SMILES string of the molecule is O=C(c1ccccc1C(F)(F)F)N1CCC(CNc2nc3ccc(F)cc3s2)C1. The van der Waals surface area contributed by atoms with Crippen LogP contribution in [-0.4, -0.2) is 35.4 Å². The summed E-state index contributed by atoms with van der Waals surface area (Å²) in [6.45, 7) is 1.31. The lowest BCUT2D eigenvalue weighted by Crippen LogP contribution is -2.31. The molecule has 0 aliphatic carbocycles. The molecule has 1 N–H and O–H groups in total. The molecule has 1 fully saturated rings. The van der Waals surface area contributed by atoms with Gasteiger partial charge in [0.1, 0.15) is 5.82 Å². The Morgan fingerprint density at radius 2 is 2.03 bits per heavy atom. The third kappa shape index (κ3) is 4.19. The van der Waals surface area contributed by atoms with Crippen molar-refractivity contribution in [3.8, 4) is 0 Å². The third-order valence-corrected chi connectivity index (χ3v) is 5.90. The quantitative estimate of drug-likeness (QED) is 0.599. The Kier molecular flexibility index (Phi) is 5.16. The van der Waals surface area contributed by atoms with E-state index in [1.54, 1.807) is 6.07 Å². The standard InChI is InChI=1S/C20H17F4N3OS/c21-13-5-6-16-17(9-13)29-19(26-16)25-10-12-7-8-27(11-12)18(28)14-3-1-2-4-15(14)20(22,23)24/h1-6,9,12H,7-8,10-11H2,(H,25,26). The maximum absolute atomic E-state index is 13.3. The van der Waals surface area contributed by atoms with Crippen molar-refractivity contribution < 1.29 is 22.4 Å².